The van der Waals surface area contributed by atoms with Crippen molar-refractivity contribution >= 4 is 0 Å². The molecule has 1 N–H and O–H groups in total. The van der Waals surface area contributed by atoms with Crippen LogP contribution in [0, 0.1) is 0 Å². The topological polar surface area (TPSA) is 24.5 Å². The Balaban J connectivity index is 2.45. The molecule has 2 unspecified atom stereocenters. The fraction of sp³-hybridized carbons (Fsp3) is 1.00. The highest BCUT2D eigenvalue weighted by Gasteiger charge is 2.34. The molecule has 3 heteroatoms. The molecule has 0 aromatic carbocycles. The Bertz CT molecular complexity index is 195. The molecule has 0 spiro atoms. The van der Waals surface area contributed by atoms with Crippen molar-refractivity contribution in [2.24, 2.45) is 0 Å². The zero-order chi connectivity index (χ0) is 12.7. The summed E-state index contributed by atoms with van der Waals surface area (Å²) in [7, 11) is 1.79. The summed E-state index contributed by atoms with van der Waals surface area (Å²) >= 11 is 0. The first kappa shape index (κ1) is 14.9. The summed E-state index contributed by atoms with van der Waals surface area (Å²) in [5.74, 6) is 0. The molecule has 0 aliphatic heterocycles. The third kappa shape index (κ3) is 4.94. The van der Waals surface area contributed by atoms with Crippen LogP contribution in [0.5, 0.6) is 0 Å². The molecule has 102 valence electrons. The summed E-state index contributed by atoms with van der Waals surface area (Å²) in [6, 6.07) is 2.05. The van der Waals surface area contributed by atoms with Gasteiger partial charge in [-0.05, 0) is 39.2 Å². The van der Waals surface area contributed by atoms with Crippen molar-refractivity contribution in [2.45, 2.75) is 64.6 Å². The standard InChI is InChI=1S/C14H30N2O/c1-5-9-15-14(6-2)12(3)16(10-11-17-4)13-7-8-13/h12-15H,5-11H2,1-4H3. The highest BCUT2D eigenvalue weighted by Crippen LogP contribution is 2.29. The van der Waals surface area contributed by atoms with Gasteiger partial charge in [0.15, 0.2) is 0 Å². The van der Waals surface area contributed by atoms with E-state index in [1.54, 1.807) is 7.11 Å². The van der Waals surface area contributed by atoms with E-state index in [0.29, 0.717) is 12.1 Å². The fourth-order valence-electron chi connectivity index (χ4n) is 2.54. The molecule has 3 nitrogen and oxygen atoms in total. The van der Waals surface area contributed by atoms with Crippen LogP contribution >= 0.6 is 0 Å². The Kier molecular flexibility index (Phi) is 7.09. The van der Waals surface area contributed by atoms with Crippen molar-refractivity contribution in [1.82, 2.24) is 10.2 Å². The van der Waals surface area contributed by atoms with Crippen molar-refractivity contribution in [3.8, 4) is 0 Å². The largest absolute Gasteiger partial charge is 0.383 e. The molecule has 17 heavy (non-hydrogen) atoms. The van der Waals surface area contributed by atoms with Gasteiger partial charge in [0.25, 0.3) is 0 Å². The molecule has 0 radical (unpaired) electrons. The predicted molar refractivity (Wildman–Crippen MR) is 73.4 cm³/mol. The van der Waals surface area contributed by atoms with Gasteiger partial charge in [0.1, 0.15) is 0 Å². The van der Waals surface area contributed by atoms with Crippen LogP contribution in [0.3, 0.4) is 0 Å². The maximum atomic E-state index is 5.23. The van der Waals surface area contributed by atoms with Crippen molar-refractivity contribution in [3.63, 3.8) is 0 Å². The number of ether oxygens (including phenoxy) is 1. The number of hydrogen-bond donors (Lipinski definition) is 1. The van der Waals surface area contributed by atoms with Crippen LogP contribution in [0.25, 0.3) is 0 Å². The van der Waals surface area contributed by atoms with Gasteiger partial charge in [-0.3, -0.25) is 4.90 Å². The highest BCUT2D eigenvalue weighted by atomic mass is 16.5. The van der Waals surface area contributed by atoms with E-state index in [9.17, 15) is 0 Å². The molecular weight excluding hydrogens is 212 g/mol. The van der Waals surface area contributed by atoms with Gasteiger partial charge in [-0.25, -0.2) is 0 Å². The molecule has 1 aliphatic carbocycles. The lowest BCUT2D eigenvalue weighted by Gasteiger charge is -2.35. The van der Waals surface area contributed by atoms with Crippen molar-refractivity contribution in [3.05, 3.63) is 0 Å². The first-order valence-electron chi connectivity index (χ1n) is 7.22. The molecule has 1 aliphatic rings. The van der Waals surface area contributed by atoms with Crippen LogP contribution in [0.4, 0.5) is 0 Å². The van der Waals surface area contributed by atoms with Crippen LogP contribution in [-0.4, -0.2) is 49.8 Å². The summed E-state index contributed by atoms with van der Waals surface area (Å²) in [6.45, 7) is 9.94. The quantitative estimate of drug-likeness (QED) is 0.636. The van der Waals surface area contributed by atoms with E-state index in [2.05, 4.69) is 31.0 Å². The number of nitrogens with zero attached hydrogens (tertiary/aromatic N) is 1. The molecule has 0 aromatic heterocycles. The normalized spacial score (nSPS) is 19.6. The molecule has 0 heterocycles. The zero-order valence-electron chi connectivity index (χ0n) is 12.0. The molecular formula is C14H30N2O. The minimum atomic E-state index is 0.618. The van der Waals surface area contributed by atoms with Gasteiger partial charge in [0.2, 0.25) is 0 Å². The van der Waals surface area contributed by atoms with E-state index in [0.717, 1.165) is 25.7 Å². The van der Waals surface area contributed by atoms with Crippen LogP contribution < -0.4 is 5.32 Å². The summed E-state index contributed by atoms with van der Waals surface area (Å²) in [5, 5.41) is 3.68. The summed E-state index contributed by atoms with van der Waals surface area (Å²) in [5.41, 5.74) is 0. The summed E-state index contributed by atoms with van der Waals surface area (Å²) < 4.78 is 5.23. The third-order valence-corrected chi connectivity index (χ3v) is 3.77. The van der Waals surface area contributed by atoms with E-state index in [1.165, 1.54) is 25.7 Å². The van der Waals surface area contributed by atoms with E-state index in [-0.39, 0.29) is 0 Å². The average Bonchev–Trinajstić information content (AvgIpc) is 3.15. The highest BCUT2D eigenvalue weighted by molar-refractivity contribution is 4.91. The van der Waals surface area contributed by atoms with Gasteiger partial charge in [-0.15, -0.1) is 0 Å². The van der Waals surface area contributed by atoms with Gasteiger partial charge in [0, 0.05) is 31.8 Å². The van der Waals surface area contributed by atoms with E-state index in [4.69, 9.17) is 4.74 Å². The van der Waals surface area contributed by atoms with Gasteiger partial charge >= 0.3 is 0 Å². The molecule has 1 saturated carbocycles. The number of methoxy groups -OCH3 is 1. The molecule has 1 rings (SSSR count). The van der Waals surface area contributed by atoms with Gasteiger partial charge in [-0.2, -0.15) is 0 Å². The molecule has 2 atom stereocenters. The average molecular weight is 242 g/mol. The first-order chi connectivity index (χ1) is 8.24. The second kappa shape index (κ2) is 8.06. The maximum Gasteiger partial charge on any atom is 0.0589 e. The third-order valence-electron chi connectivity index (χ3n) is 3.77. The lowest BCUT2D eigenvalue weighted by molar-refractivity contribution is 0.102. The van der Waals surface area contributed by atoms with Gasteiger partial charge in [-0.1, -0.05) is 13.8 Å². The van der Waals surface area contributed by atoms with Crippen LogP contribution in [0.2, 0.25) is 0 Å². The van der Waals surface area contributed by atoms with Gasteiger partial charge < -0.3 is 10.1 Å². The van der Waals surface area contributed by atoms with Crippen molar-refractivity contribution in [2.75, 3.05) is 26.8 Å². The smallest absolute Gasteiger partial charge is 0.0589 e. The first-order valence-corrected chi connectivity index (χ1v) is 7.22. The monoisotopic (exact) mass is 242 g/mol. The zero-order valence-corrected chi connectivity index (χ0v) is 12.0. The van der Waals surface area contributed by atoms with Gasteiger partial charge in [0.05, 0.1) is 6.61 Å². The molecule has 0 amide bonds. The lowest BCUT2D eigenvalue weighted by Crippen LogP contribution is -2.50. The van der Waals surface area contributed by atoms with E-state index >= 15 is 0 Å². The number of hydrogen-bond acceptors (Lipinski definition) is 3. The van der Waals surface area contributed by atoms with Crippen molar-refractivity contribution in [1.29, 1.82) is 0 Å². The maximum absolute atomic E-state index is 5.23. The van der Waals surface area contributed by atoms with Crippen LogP contribution in [0.1, 0.15) is 46.5 Å². The Labute approximate surface area is 107 Å². The minimum absolute atomic E-state index is 0.618. The SMILES string of the molecule is CCCNC(CC)C(C)N(CCOC)C1CC1. The number of nitrogens with one attached hydrogen (secondary N) is 1. The Morgan fingerprint density at radius 3 is 2.53 bits per heavy atom. The molecule has 1 fully saturated rings. The van der Waals surface area contributed by atoms with E-state index in [1.807, 2.05) is 0 Å². The molecule has 0 bridgehead atoms. The minimum Gasteiger partial charge on any atom is -0.383 e. The number of rotatable bonds is 10. The van der Waals surface area contributed by atoms with Crippen LogP contribution in [-0.2, 0) is 4.74 Å². The Morgan fingerprint density at radius 1 is 1.35 bits per heavy atom. The summed E-state index contributed by atoms with van der Waals surface area (Å²) in [6.07, 6.45) is 5.17. The fourth-order valence-corrected chi connectivity index (χ4v) is 2.54. The molecule has 0 saturated heterocycles. The Hall–Kier alpha value is -0.120. The van der Waals surface area contributed by atoms with E-state index < -0.39 is 0 Å². The van der Waals surface area contributed by atoms with Crippen molar-refractivity contribution < 1.29 is 4.74 Å². The predicted octanol–water partition coefficient (Wildman–Crippen LogP) is 2.26. The lowest BCUT2D eigenvalue weighted by atomic mass is 10.1. The Morgan fingerprint density at radius 2 is 2.06 bits per heavy atom. The second-order valence-electron chi connectivity index (χ2n) is 5.17. The van der Waals surface area contributed by atoms with Crippen LogP contribution in [0.15, 0.2) is 0 Å². The summed E-state index contributed by atoms with van der Waals surface area (Å²) in [4.78, 5) is 2.64. The second-order valence-corrected chi connectivity index (χ2v) is 5.17. The molecule has 0 aromatic rings.